The fourth-order valence-corrected chi connectivity index (χ4v) is 6.90. The molecule has 0 saturated heterocycles. The highest BCUT2D eigenvalue weighted by molar-refractivity contribution is 6.40. The van der Waals surface area contributed by atoms with Gasteiger partial charge in [0.15, 0.2) is 0 Å². The zero-order valence-electron chi connectivity index (χ0n) is 22.9. The molecule has 0 fully saturated rings. The molecule has 6 heteroatoms. The average molecular weight is 606 g/mol. The van der Waals surface area contributed by atoms with Crippen molar-refractivity contribution in [2.75, 3.05) is 0 Å². The van der Waals surface area contributed by atoms with Crippen molar-refractivity contribution in [3.05, 3.63) is 114 Å². The molecule has 202 valence electrons. The molecule has 0 saturated carbocycles. The lowest BCUT2D eigenvalue weighted by molar-refractivity contribution is 0.869. The van der Waals surface area contributed by atoms with Gasteiger partial charge >= 0.3 is 0 Å². The van der Waals surface area contributed by atoms with Crippen LogP contribution in [0, 0.1) is 27.7 Å². The number of hydrogen-bond acceptors (Lipinski definition) is 0. The van der Waals surface area contributed by atoms with Gasteiger partial charge in [-0.1, -0.05) is 65.5 Å². The summed E-state index contributed by atoms with van der Waals surface area (Å²) in [5.74, 6) is -0.0285. The highest BCUT2D eigenvalue weighted by Gasteiger charge is 2.26. The van der Waals surface area contributed by atoms with Crippen molar-refractivity contribution in [2.45, 2.75) is 40.5 Å². The maximum atomic E-state index is 6.72. The molecule has 2 nitrogen and oxygen atoms in total. The summed E-state index contributed by atoms with van der Waals surface area (Å²) in [6, 6.07) is 20.2. The molecular formula is C34H28Cl4N2. The van der Waals surface area contributed by atoms with Gasteiger partial charge in [0.2, 0.25) is 0 Å². The zero-order chi connectivity index (χ0) is 28.5. The van der Waals surface area contributed by atoms with Gasteiger partial charge in [-0.25, -0.2) is 0 Å². The van der Waals surface area contributed by atoms with Crippen LogP contribution in [0.2, 0.25) is 20.1 Å². The van der Waals surface area contributed by atoms with Crippen molar-refractivity contribution in [3.63, 3.8) is 0 Å². The molecule has 0 bridgehead atoms. The fraction of sp³-hybridized carbons (Fsp3) is 0.176. The highest BCUT2D eigenvalue weighted by Crippen LogP contribution is 2.46. The Morgan fingerprint density at radius 1 is 0.500 bits per heavy atom. The number of aromatic nitrogens is 2. The molecule has 6 rings (SSSR count). The molecule has 0 amide bonds. The molecule has 4 aromatic carbocycles. The van der Waals surface area contributed by atoms with Gasteiger partial charge in [0.1, 0.15) is 0 Å². The van der Waals surface area contributed by atoms with E-state index in [-0.39, 0.29) is 5.92 Å². The largest absolute Gasteiger partial charge is 0.357 e. The third-order valence-electron chi connectivity index (χ3n) is 8.20. The number of aromatic amines is 2. The quantitative estimate of drug-likeness (QED) is 0.200. The van der Waals surface area contributed by atoms with E-state index in [9.17, 15) is 0 Å². The molecule has 2 heterocycles. The molecule has 0 atom stereocenters. The Balaban J connectivity index is 1.65. The summed E-state index contributed by atoms with van der Waals surface area (Å²) in [6.07, 6.45) is 0. The van der Waals surface area contributed by atoms with Gasteiger partial charge in [-0.3, -0.25) is 0 Å². The van der Waals surface area contributed by atoms with E-state index >= 15 is 0 Å². The van der Waals surface area contributed by atoms with Crippen LogP contribution in [0.15, 0.2) is 60.7 Å². The van der Waals surface area contributed by atoms with E-state index in [0.29, 0.717) is 20.1 Å². The minimum atomic E-state index is -0.0285. The summed E-state index contributed by atoms with van der Waals surface area (Å²) in [5, 5.41) is 6.92. The van der Waals surface area contributed by atoms with E-state index in [0.717, 1.165) is 55.4 Å². The number of hydrogen-bond donors (Lipinski definition) is 2. The lowest BCUT2D eigenvalue weighted by Gasteiger charge is -2.12. The Morgan fingerprint density at radius 3 is 1.12 bits per heavy atom. The number of nitrogens with one attached hydrogen (secondary N) is 2. The van der Waals surface area contributed by atoms with E-state index in [1.165, 1.54) is 22.3 Å². The van der Waals surface area contributed by atoms with Crippen molar-refractivity contribution in [2.24, 2.45) is 0 Å². The zero-order valence-corrected chi connectivity index (χ0v) is 25.9. The third-order valence-corrected chi connectivity index (χ3v) is 9.46. The van der Waals surface area contributed by atoms with E-state index in [1.54, 1.807) is 0 Å². The molecule has 0 unspecified atom stereocenters. The van der Waals surface area contributed by atoms with Crippen molar-refractivity contribution < 1.29 is 0 Å². The Morgan fingerprint density at radius 2 is 0.800 bits per heavy atom. The lowest BCUT2D eigenvalue weighted by Crippen LogP contribution is -1.99. The molecule has 0 aliphatic rings. The number of benzene rings is 4. The SMILES string of the molecule is Cc1cc2c(-c3c(Cl)cccc3Cl)[nH]c(C(C)c3[nH]c(-c4c(Cl)cccc4Cl)c4cc(C)c(C)cc34)c2cc1C. The monoisotopic (exact) mass is 604 g/mol. The van der Waals surface area contributed by atoms with E-state index < -0.39 is 0 Å². The number of halogens is 4. The second kappa shape index (κ2) is 10.2. The molecule has 2 aromatic heterocycles. The summed E-state index contributed by atoms with van der Waals surface area (Å²) >= 11 is 26.9. The smallest absolute Gasteiger partial charge is 0.0566 e. The minimum Gasteiger partial charge on any atom is -0.357 e. The molecule has 0 aliphatic carbocycles. The van der Waals surface area contributed by atoms with Crippen molar-refractivity contribution >= 4 is 67.9 Å². The van der Waals surface area contributed by atoms with Crippen LogP contribution in [0.1, 0.15) is 46.5 Å². The highest BCUT2D eigenvalue weighted by atomic mass is 35.5. The number of rotatable bonds is 4. The standard InChI is InChI=1S/C34H28Cl4N2/c1-16-12-21-23(14-18(16)3)33(29-25(35)8-6-9-26(29)36)39-31(21)20(5)32-22-13-17(2)19(4)15-24(22)34(40-32)30-27(37)10-7-11-28(30)38/h6-15,20,39-40H,1-5H3. The van der Waals surface area contributed by atoms with Crippen LogP contribution in [0.3, 0.4) is 0 Å². The van der Waals surface area contributed by atoms with Crippen molar-refractivity contribution in [3.8, 4) is 22.5 Å². The first-order valence-electron chi connectivity index (χ1n) is 13.2. The first-order chi connectivity index (χ1) is 19.1. The second-order valence-electron chi connectivity index (χ2n) is 10.7. The molecule has 0 radical (unpaired) electrons. The van der Waals surface area contributed by atoms with Crippen LogP contribution in [0.4, 0.5) is 0 Å². The Hall–Kier alpha value is -2.88. The lowest BCUT2D eigenvalue weighted by atomic mass is 9.94. The van der Waals surface area contributed by atoms with Crippen molar-refractivity contribution in [1.82, 2.24) is 9.97 Å². The number of aryl methyl sites for hydroxylation is 4. The molecule has 2 N–H and O–H groups in total. The van der Waals surface area contributed by atoms with Crippen LogP contribution >= 0.6 is 46.4 Å². The first-order valence-corrected chi connectivity index (χ1v) is 14.7. The molecule has 40 heavy (non-hydrogen) atoms. The van der Waals surface area contributed by atoms with Gasteiger partial charge in [0.05, 0.1) is 31.5 Å². The first kappa shape index (κ1) is 27.3. The average Bonchev–Trinajstić information content (AvgIpc) is 3.43. The molecular weight excluding hydrogens is 578 g/mol. The van der Waals surface area contributed by atoms with Gasteiger partial charge in [0.25, 0.3) is 0 Å². The molecule has 6 aromatic rings. The van der Waals surface area contributed by atoms with Gasteiger partial charge in [0, 0.05) is 50.0 Å². The molecule has 0 aliphatic heterocycles. The third kappa shape index (κ3) is 4.33. The van der Waals surface area contributed by atoms with E-state index in [4.69, 9.17) is 46.4 Å². The van der Waals surface area contributed by atoms with Gasteiger partial charge in [-0.05, 0) is 98.5 Å². The summed E-state index contributed by atoms with van der Waals surface area (Å²) in [6.45, 7) is 10.8. The van der Waals surface area contributed by atoms with Crippen LogP contribution in [0.5, 0.6) is 0 Å². The second-order valence-corrected chi connectivity index (χ2v) is 12.3. The van der Waals surface area contributed by atoms with Gasteiger partial charge in [-0.2, -0.15) is 0 Å². The Bertz CT molecular complexity index is 1780. The van der Waals surface area contributed by atoms with Gasteiger partial charge in [-0.15, -0.1) is 0 Å². The topological polar surface area (TPSA) is 31.6 Å². The molecule has 0 spiro atoms. The van der Waals surface area contributed by atoms with Gasteiger partial charge < -0.3 is 9.97 Å². The van der Waals surface area contributed by atoms with E-state index in [2.05, 4.69) is 68.9 Å². The fourth-order valence-electron chi connectivity index (χ4n) is 5.73. The van der Waals surface area contributed by atoms with Crippen LogP contribution in [-0.2, 0) is 0 Å². The normalized spacial score (nSPS) is 11.8. The predicted octanol–water partition coefficient (Wildman–Crippen LogP) is 12.0. The number of fused-ring (bicyclic) bond motifs is 2. The van der Waals surface area contributed by atoms with Crippen LogP contribution in [-0.4, -0.2) is 9.97 Å². The van der Waals surface area contributed by atoms with Crippen LogP contribution < -0.4 is 0 Å². The summed E-state index contributed by atoms with van der Waals surface area (Å²) in [5.41, 5.74) is 10.5. The van der Waals surface area contributed by atoms with Crippen molar-refractivity contribution in [1.29, 1.82) is 0 Å². The number of H-pyrrole nitrogens is 2. The Labute approximate surface area is 254 Å². The van der Waals surface area contributed by atoms with Crippen LogP contribution in [0.25, 0.3) is 44.1 Å². The summed E-state index contributed by atoms with van der Waals surface area (Å²) < 4.78 is 0. The maximum Gasteiger partial charge on any atom is 0.0566 e. The summed E-state index contributed by atoms with van der Waals surface area (Å²) in [7, 11) is 0. The predicted molar refractivity (Wildman–Crippen MR) is 174 cm³/mol. The Kier molecular flexibility index (Phi) is 6.95. The minimum absolute atomic E-state index is 0.0285. The maximum absolute atomic E-state index is 6.72. The summed E-state index contributed by atoms with van der Waals surface area (Å²) in [4.78, 5) is 7.52. The van der Waals surface area contributed by atoms with E-state index in [1.807, 2.05) is 36.4 Å².